The van der Waals surface area contributed by atoms with Crippen LogP contribution in [-0.4, -0.2) is 35.2 Å². The standard InChI is InChI=1S/C17H25NO3/c1-12(2)21-15-7-5-14(6-8-15)13(3)18-10-9-17(4,11-18)16(19)20/h5-8,12-13H,9-11H2,1-4H3,(H,19,20). The van der Waals surface area contributed by atoms with E-state index in [2.05, 4.69) is 24.0 Å². The Balaban J connectivity index is 2.04. The van der Waals surface area contributed by atoms with E-state index in [1.807, 2.05) is 32.9 Å². The van der Waals surface area contributed by atoms with E-state index in [1.165, 1.54) is 5.56 Å². The van der Waals surface area contributed by atoms with E-state index in [-0.39, 0.29) is 12.1 Å². The van der Waals surface area contributed by atoms with Crippen molar-refractivity contribution in [3.05, 3.63) is 29.8 Å². The number of likely N-dealkylation sites (tertiary alicyclic amines) is 1. The molecule has 2 rings (SSSR count). The van der Waals surface area contributed by atoms with Crippen LogP contribution < -0.4 is 4.74 Å². The van der Waals surface area contributed by atoms with Crippen molar-refractivity contribution < 1.29 is 14.6 Å². The predicted octanol–water partition coefficient (Wildman–Crippen LogP) is 3.33. The van der Waals surface area contributed by atoms with E-state index in [0.717, 1.165) is 12.3 Å². The molecule has 0 bridgehead atoms. The lowest BCUT2D eigenvalue weighted by Gasteiger charge is -2.26. The maximum Gasteiger partial charge on any atom is 0.310 e. The van der Waals surface area contributed by atoms with Crippen LogP contribution in [0, 0.1) is 5.41 Å². The predicted molar refractivity (Wildman–Crippen MR) is 82.6 cm³/mol. The van der Waals surface area contributed by atoms with Crippen molar-refractivity contribution in [1.82, 2.24) is 4.90 Å². The highest BCUT2D eigenvalue weighted by molar-refractivity contribution is 5.74. The lowest BCUT2D eigenvalue weighted by Crippen LogP contribution is -2.32. The van der Waals surface area contributed by atoms with Crippen LogP contribution in [0.5, 0.6) is 5.75 Å². The third-order valence-corrected chi connectivity index (χ3v) is 4.30. The van der Waals surface area contributed by atoms with E-state index >= 15 is 0 Å². The first-order valence-electron chi connectivity index (χ1n) is 7.56. The van der Waals surface area contributed by atoms with Gasteiger partial charge in [0.2, 0.25) is 0 Å². The minimum absolute atomic E-state index is 0.170. The number of nitrogens with zero attached hydrogens (tertiary/aromatic N) is 1. The molecule has 4 heteroatoms. The second-order valence-corrected chi connectivity index (χ2v) is 6.50. The molecule has 1 fully saturated rings. The molecule has 0 saturated carbocycles. The monoisotopic (exact) mass is 291 g/mol. The number of benzene rings is 1. The summed E-state index contributed by atoms with van der Waals surface area (Å²) >= 11 is 0. The highest BCUT2D eigenvalue weighted by atomic mass is 16.5. The molecule has 2 unspecified atom stereocenters. The first kappa shape index (κ1) is 15.8. The number of hydrogen-bond donors (Lipinski definition) is 1. The van der Waals surface area contributed by atoms with E-state index in [1.54, 1.807) is 0 Å². The van der Waals surface area contributed by atoms with Crippen molar-refractivity contribution in [2.45, 2.75) is 46.3 Å². The van der Waals surface area contributed by atoms with Gasteiger partial charge in [0.15, 0.2) is 0 Å². The fourth-order valence-electron chi connectivity index (χ4n) is 2.81. The van der Waals surface area contributed by atoms with Crippen LogP contribution in [0.3, 0.4) is 0 Å². The molecule has 1 aliphatic heterocycles. The van der Waals surface area contributed by atoms with Crippen molar-refractivity contribution in [3.63, 3.8) is 0 Å². The molecule has 0 spiro atoms. The Bertz CT molecular complexity index is 497. The zero-order valence-corrected chi connectivity index (χ0v) is 13.3. The molecule has 0 aromatic heterocycles. The van der Waals surface area contributed by atoms with Gasteiger partial charge in [-0.15, -0.1) is 0 Å². The quantitative estimate of drug-likeness (QED) is 0.904. The number of ether oxygens (including phenoxy) is 1. The fraction of sp³-hybridized carbons (Fsp3) is 0.588. The Hall–Kier alpha value is -1.55. The van der Waals surface area contributed by atoms with Gasteiger partial charge < -0.3 is 9.84 Å². The number of carboxylic acid groups (broad SMARTS) is 1. The molecule has 0 radical (unpaired) electrons. The van der Waals surface area contributed by atoms with E-state index < -0.39 is 11.4 Å². The molecule has 21 heavy (non-hydrogen) atoms. The third kappa shape index (κ3) is 3.56. The largest absolute Gasteiger partial charge is 0.491 e. The average Bonchev–Trinajstić information content (AvgIpc) is 2.82. The summed E-state index contributed by atoms with van der Waals surface area (Å²) in [5.41, 5.74) is 0.579. The SMILES string of the molecule is CC(C)Oc1ccc(C(C)N2CCC(C)(C(=O)O)C2)cc1. The van der Waals surface area contributed by atoms with Gasteiger partial charge >= 0.3 is 5.97 Å². The topological polar surface area (TPSA) is 49.8 Å². The van der Waals surface area contributed by atoms with Crippen LogP contribution in [0.15, 0.2) is 24.3 Å². The molecular weight excluding hydrogens is 266 g/mol. The number of rotatable bonds is 5. The molecule has 1 aromatic rings. The van der Waals surface area contributed by atoms with Gasteiger partial charge in [-0.05, 0) is 58.4 Å². The molecule has 0 amide bonds. The van der Waals surface area contributed by atoms with Crippen LogP contribution in [-0.2, 0) is 4.79 Å². The van der Waals surface area contributed by atoms with Crippen molar-refractivity contribution in [2.24, 2.45) is 5.41 Å². The van der Waals surface area contributed by atoms with Crippen molar-refractivity contribution in [3.8, 4) is 5.75 Å². The summed E-state index contributed by atoms with van der Waals surface area (Å²) in [6.07, 6.45) is 0.879. The average molecular weight is 291 g/mol. The number of carbonyl (C=O) groups is 1. The minimum atomic E-state index is -0.696. The van der Waals surface area contributed by atoms with E-state index in [4.69, 9.17) is 4.74 Å². The van der Waals surface area contributed by atoms with Gasteiger partial charge in [0.1, 0.15) is 5.75 Å². The van der Waals surface area contributed by atoms with Crippen molar-refractivity contribution >= 4 is 5.97 Å². The van der Waals surface area contributed by atoms with Crippen LogP contribution in [0.1, 0.15) is 45.7 Å². The molecule has 2 atom stereocenters. The lowest BCUT2D eigenvalue weighted by atomic mass is 9.90. The molecule has 4 nitrogen and oxygen atoms in total. The molecule has 1 heterocycles. The second kappa shape index (κ2) is 6.06. The van der Waals surface area contributed by atoms with Gasteiger partial charge in [0.25, 0.3) is 0 Å². The molecule has 0 aliphatic carbocycles. The Morgan fingerprint density at radius 2 is 1.90 bits per heavy atom. The van der Waals surface area contributed by atoms with Crippen LogP contribution in [0.25, 0.3) is 0 Å². The maximum atomic E-state index is 11.3. The number of aliphatic carboxylic acids is 1. The fourth-order valence-corrected chi connectivity index (χ4v) is 2.81. The molecule has 1 N–H and O–H groups in total. The summed E-state index contributed by atoms with van der Waals surface area (Å²) in [6.45, 7) is 9.41. The Morgan fingerprint density at radius 1 is 1.29 bits per heavy atom. The van der Waals surface area contributed by atoms with Crippen LogP contribution >= 0.6 is 0 Å². The first-order valence-corrected chi connectivity index (χ1v) is 7.56. The molecule has 1 aliphatic rings. The van der Waals surface area contributed by atoms with E-state index in [0.29, 0.717) is 13.0 Å². The zero-order valence-electron chi connectivity index (χ0n) is 13.3. The van der Waals surface area contributed by atoms with Gasteiger partial charge in [0, 0.05) is 12.6 Å². The summed E-state index contributed by atoms with van der Waals surface area (Å²) in [4.78, 5) is 13.6. The maximum absolute atomic E-state index is 11.3. The Morgan fingerprint density at radius 3 is 2.38 bits per heavy atom. The highest BCUT2D eigenvalue weighted by Gasteiger charge is 2.41. The van der Waals surface area contributed by atoms with Crippen molar-refractivity contribution in [1.29, 1.82) is 0 Å². The van der Waals surface area contributed by atoms with Crippen LogP contribution in [0.2, 0.25) is 0 Å². The summed E-state index contributed by atoms with van der Waals surface area (Å²) < 4.78 is 5.65. The summed E-state index contributed by atoms with van der Waals surface area (Å²) in [6, 6.07) is 8.33. The Labute approximate surface area is 126 Å². The summed E-state index contributed by atoms with van der Waals surface area (Å²) in [5.74, 6) is 0.177. The van der Waals surface area contributed by atoms with Gasteiger partial charge in [-0.25, -0.2) is 0 Å². The molecule has 1 saturated heterocycles. The van der Waals surface area contributed by atoms with Gasteiger partial charge in [-0.2, -0.15) is 0 Å². The minimum Gasteiger partial charge on any atom is -0.491 e. The third-order valence-electron chi connectivity index (χ3n) is 4.30. The zero-order chi connectivity index (χ0) is 15.6. The Kier molecular flexibility index (Phi) is 4.57. The second-order valence-electron chi connectivity index (χ2n) is 6.50. The van der Waals surface area contributed by atoms with Gasteiger partial charge in [0.05, 0.1) is 11.5 Å². The van der Waals surface area contributed by atoms with Crippen molar-refractivity contribution in [2.75, 3.05) is 13.1 Å². The molecular formula is C17H25NO3. The molecule has 1 aromatic carbocycles. The number of hydrogen-bond acceptors (Lipinski definition) is 3. The van der Waals surface area contributed by atoms with Gasteiger partial charge in [-0.1, -0.05) is 12.1 Å². The summed E-state index contributed by atoms with van der Waals surface area (Å²) in [7, 11) is 0. The normalized spacial score (nSPS) is 24.2. The van der Waals surface area contributed by atoms with Gasteiger partial charge in [-0.3, -0.25) is 9.69 Å². The van der Waals surface area contributed by atoms with E-state index in [9.17, 15) is 9.90 Å². The first-order chi connectivity index (χ1) is 9.82. The van der Waals surface area contributed by atoms with Crippen LogP contribution in [0.4, 0.5) is 0 Å². The summed E-state index contributed by atoms with van der Waals surface area (Å²) in [5, 5.41) is 9.32. The number of carboxylic acids is 1. The molecule has 116 valence electrons. The smallest absolute Gasteiger partial charge is 0.310 e. The lowest BCUT2D eigenvalue weighted by molar-refractivity contribution is -0.147. The highest BCUT2D eigenvalue weighted by Crippen LogP contribution is 2.35.